The number of nitrogens with two attached hydrogens (primary N) is 1. The first-order valence-electron chi connectivity index (χ1n) is 5.49. The van der Waals surface area contributed by atoms with E-state index in [4.69, 9.17) is 5.84 Å². The number of benzene rings is 1. The normalized spacial score (nSPS) is 15.6. The van der Waals surface area contributed by atoms with E-state index in [2.05, 4.69) is 5.43 Å². The zero-order valence-electron chi connectivity index (χ0n) is 10.7. The summed E-state index contributed by atoms with van der Waals surface area (Å²) in [5.74, 6) is 5.49. The molecule has 0 saturated carbocycles. The van der Waals surface area contributed by atoms with Crippen molar-refractivity contribution in [3.05, 3.63) is 34.9 Å². The number of hydrogen-bond acceptors (Lipinski definition) is 4. The number of hydrazine groups is 1. The predicted molar refractivity (Wildman–Crippen MR) is 70.3 cm³/mol. The van der Waals surface area contributed by atoms with Crippen molar-refractivity contribution < 1.29 is 8.42 Å². The molecule has 3 N–H and O–H groups in total. The van der Waals surface area contributed by atoms with E-state index in [1.54, 1.807) is 6.92 Å². The van der Waals surface area contributed by atoms with E-state index in [0.717, 1.165) is 16.7 Å². The Morgan fingerprint density at radius 2 is 1.88 bits per heavy atom. The summed E-state index contributed by atoms with van der Waals surface area (Å²) in [4.78, 5) is 0. The molecule has 4 nitrogen and oxygen atoms in total. The molecule has 0 aliphatic carbocycles. The molecule has 17 heavy (non-hydrogen) atoms. The number of hydrogen-bond donors (Lipinski definition) is 2. The van der Waals surface area contributed by atoms with Crippen molar-refractivity contribution in [3.8, 4) is 0 Å². The summed E-state index contributed by atoms with van der Waals surface area (Å²) in [6.45, 7) is 5.63. The fourth-order valence-electron chi connectivity index (χ4n) is 1.90. The third-order valence-corrected chi connectivity index (χ3v) is 4.71. The van der Waals surface area contributed by atoms with Gasteiger partial charge in [-0.3, -0.25) is 11.3 Å². The Morgan fingerprint density at radius 3 is 2.29 bits per heavy atom. The van der Waals surface area contributed by atoms with Crippen LogP contribution in [0.3, 0.4) is 0 Å². The third kappa shape index (κ3) is 3.28. The van der Waals surface area contributed by atoms with Gasteiger partial charge in [-0.1, -0.05) is 23.8 Å². The minimum atomic E-state index is -3.13. The summed E-state index contributed by atoms with van der Waals surface area (Å²) in [5.41, 5.74) is 5.72. The van der Waals surface area contributed by atoms with Gasteiger partial charge in [0.05, 0.1) is 11.3 Å². The topological polar surface area (TPSA) is 72.2 Å². The van der Waals surface area contributed by atoms with Crippen molar-refractivity contribution in [1.82, 2.24) is 5.43 Å². The largest absolute Gasteiger partial charge is 0.271 e. The number of aryl methyl sites for hydroxylation is 2. The van der Waals surface area contributed by atoms with Crippen LogP contribution in [0, 0.1) is 13.8 Å². The van der Waals surface area contributed by atoms with E-state index < -0.39 is 15.1 Å². The van der Waals surface area contributed by atoms with Gasteiger partial charge in [0.15, 0.2) is 9.84 Å². The molecule has 2 atom stereocenters. The Morgan fingerprint density at radius 1 is 1.29 bits per heavy atom. The lowest BCUT2D eigenvalue weighted by atomic mass is 9.98. The average molecular weight is 256 g/mol. The van der Waals surface area contributed by atoms with E-state index in [1.807, 2.05) is 32.0 Å². The Kier molecular flexibility index (Phi) is 4.30. The first-order valence-corrected chi connectivity index (χ1v) is 7.45. The third-order valence-electron chi connectivity index (χ3n) is 3.08. The molecule has 0 aromatic heterocycles. The smallest absolute Gasteiger partial charge is 0.151 e. The lowest BCUT2D eigenvalue weighted by Gasteiger charge is -2.24. The second-order valence-electron chi connectivity index (χ2n) is 4.54. The molecule has 0 heterocycles. The lowest BCUT2D eigenvalue weighted by molar-refractivity contribution is 0.512. The average Bonchev–Trinajstić information content (AvgIpc) is 2.20. The van der Waals surface area contributed by atoms with Crippen molar-refractivity contribution >= 4 is 9.84 Å². The summed E-state index contributed by atoms with van der Waals surface area (Å²) < 4.78 is 23.2. The van der Waals surface area contributed by atoms with Gasteiger partial charge in [0, 0.05) is 6.26 Å². The maximum absolute atomic E-state index is 11.6. The van der Waals surface area contributed by atoms with Gasteiger partial charge in [-0.05, 0) is 31.9 Å². The van der Waals surface area contributed by atoms with E-state index in [-0.39, 0.29) is 6.04 Å². The summed E-state index contributed by atoms with van der Waals surface area (Å²) in [6.07, 6.45) is 1.23. The summed E-state index contributed by atoms with van der Waals surface area (Å²) >= 11 is 0. The second-order valence-corrected chi connectivity index (χ2v) is 6.94. The van der Waals surface area contributed by atoms with Gasteiger partial charge in [0.1, 0.15) is 0 Å². The molecule has 0 amide bonds. The molecule has 0 fully saturated rings. The van der Waals surface area contributed by atoms with E-state index in [0.29, 0.717) is 0 Å². The predicted octanol–water partition coefficient (Wildman–Crippen LogP) is 1.24. The molecular weight excluding hydrogens is 236 g/mol. The summed E-state index contributed by atoms with van der Waals surface area (Å²) in [5, 5.41) is -0.561. The van der Waals surface area contributed by atoms with Crippen LogP contribution in [0.4, 0.5) is 0 Å². The van der Waals surface area contributed by atoms with Gasteiger partial charge in [-0.2, -0.15) is 0 Å². The Balaban J connectivity index is 3.19. The number of sulfone groups is 1. The van der Waals surface area contributed by atoms with Crippen LogP contribution in [0.15, 0.2) is 18.2 Å². The number of nitrogens with one attached hydrogen (secondary N) is 1. The standard InChI is InChI=1S/C12H20N2O2S/c1-8-5-6-11(9(2)7-8)12(14-13)10(3)17(4,15)16/h5-7,10,12,14H,13H2,1-4H3. The van der Waals surface area contributed by atoms with Gasteiger partial charge in [-0.25, -0.2) is 8.42 Å². The highest BCUT2D eigenvalue weighted by Crippen LogP contribution is 2.24. The molecule has 0 bridgehead atoms. The van der Waals surface area contributed by atoms with Gasteiger partial charge in [-0.15, -0.1) is 0 Å². The van der Waals surface area contributed by atoms with Crippen LogP contribution in [0.2, 0.25) is 0 Å². The highest BCUT2D eigenvalue weighted by molar-refractivity contribution is 7.91. The summed E-state index contributed by atoms with van der Waals surface area (Å²) in [6, 6.07) is 5.53. The van der Waals surface area contributed by atoms with Crippen LogP contribution in [0.25, 0.3) is 0 Å². The Labute approximate surface area is 103 Å². The zero-order chi connectivity index (χ0) is 13.2. The van der Waals surface area contributed by atoms with Crippen molar-refractivity contribution in [2.24, 2.45) is 5.84 Å². The minimum absolute atomic E-state index is 0.384. The lowest BCUT2D eigenvalue weighted by Crippen LogP contribution is -2.39. The molecule has 1 rings (SSSR count). The first-order chi connectivity index (χ1) is 7.77. The number of rotatable bonds is 4. The van der Waals surface area contributed by atoms with Gasteiger partial charge in [0.25, 0.3) is 0 Å². The summed E-state index contributed by atoms with van der Waals surface area (Å²) in [7, 11) is -3.13. The minimum Gasteiger partial charge on any atom is -0.271 e. The van der Waals surface area contributed by atoms with Gasteiger partial charge < -0.3 is 0 Å². The van der Waals surface area contributed by atoms with Gasteiger partial charge in [0.2, 0.25) is 0 Å². The molecule has 1 aromatic rings. The maximum Gasteiger partial charge on any atom is 0.151 e. The fourth-order valence-corrected chi connectivity index (χ4v) is 2.62. The van der Waals surface area contributed by atoms with E-state index in [1.165, 1.54) is 6.26 Å². The van der Waals surface area contributed by atoms with Crippen molar-refractivity contribution in [3.63, 3.8) is 0 Å². The Hall–Kier alpha value is -0.910. The van der Waals surface area contributed by atoms with Crippen molar-refractivity contribution in [2.45, 2.75) is 32.1 Å². The second kappa shape index (κ2) is 5.16. The van der Waals surface area contributed by atoms with E-state index >= 15 is 0 Å². The van der Waals surface area contributed by atoms with Gasteiger partial charge >= 0.3 is 0 Å². The highest BCUT2D eigenvalue weighted by atomic mass is 32.2. The SMILES string of the molecule is Cc1ccc(C(NN)C(C)S(C)(=O)=O)c(C)c1. The van der Waals surface area contributed by atoms with Crippen molar-refractivity contribution in [1.29, 1.82) is 0 Å². The molecule has 5 heteroatoms. The van der Waals surface area contributed by atoms with Crippen LogP contribution in [0.1, 0.15) is 29.7 Å². The van der Waals surface area contributed by atoms with Crippen molar-refractivity contribution in [2.75, 3.05) is 6.26 Å². The van der Waals surface area contributed by atoms with Crippen LogP contribution in [0.5, 0.6) is 0 Å². The highest BCUT2D eigenvalue weighted by Gasteiger charge is 2.27. The van der Waals surface area contributed by atoms with Crippen LogP contribution >= 0.6 is 0 Å². The van der Waals surface area contributed by atoms with E-state index in [9.17, 15) is 8.42 Å². The fraction of sp³-hybridized carbons (Fsp3) is 0.500. The molecule has 0 aliphatic rings. The molecule has 0 radical (unpaired) electrons. The van der Waals surface area contributed by atoms with Crippen LogP contribution < -0.4 is 11.3 Å². The maximum atomic E-state index is 11.6. The zero-order valence-corrected chi connectivity index (χ0v) is 11.5. The molecular formula is C12H20N2O2S. The quantitative estimate of drug-likeness (QED) is 0.628. The Bertz CT molecular complexity index is 497. The van der Waals surface area contributed by atoms with Crippen LogP contribution in [-0.2, 0) is 9.84 Å². The molecule has 1 aromatic carbocycles. The molecule has 0 spiro atoms. The molecule has 0 aliphatic heterocycles. The molecule has 2 unspecified atom stereocenters. The first kappa shape index (κ1) is 14.2. The molecule has 0 saturated heterocycles. The molecule has 96 valence electrons. The van der Waals surface area contributed by atoms with Crippen LogP contribution in [-0.4, -0.2) is 19.9 Å². The monoisotopic (exact) mass is 256 g/mol.